The molecule has 1 heteroatoms. The third-order valence-corrected chi connectivity index (χ3v) is 1.99. The number of halogens is 1. The van der Waals surface area contributed by atoms with Crippen LogP contribution in [0.3, 0.4) is 0 Å². The van der Waals surface area contributed by atoms with Gasteiger partial charge in [-0.05, 0) is 20.3 Å². The van der Waals surface area contributed by atoms with Crippen molar-refractivity contribution in [1.29, 1.82) is 0 Å². The van der Waals surface area contributed by atoms with Crippen LogP contribution in [-0.2, 0) is 0 Å². The highest BCUT2D eigenvalue weighted by Crippen LogP contribution is 2.30. The predicted molar refractivity (Wildman–Crippen MR) is 44.8 cm³/mol. The van der Waals surface area contributed by atoms with E-state index < -0.39 is 0 Å². The highest BCUT2D eigenvalue weighted by atomic mass is 79.9. The Morgan fingerprint density at radius 1 is 1.67 bits per heavy atom. The molecule has 0 aromatic rings. The van der Waals surface area contributed by atoms with Crippen LogP contribution in [0.5, 0.6) is 0 Å². The van der Waals surface area contributed by atoms with Gasteiger partial charge in [0.05, 0.1) is 0 Å². The smallest absolute Gasteiger partial charge is 0.0448 e. The van der Waals surface area contributed by atoms with Crippen LogP contribution in [0.15, 0.2) is 23.8 Å². The SMILES string of the molecule is CC1=CC=CC(C)(Br)C1. The highest BCUT2D eigenvalue weighted by Gasteiger charge is 2.17. The van der Waals surface area contributed by atoms with Gasteiger partial charge in [-0.2, -0.15) is 0 Å². The van der Waals surface area contributed by atoms with E-state index in [4.69, 9.17) is 0 Å². The zero-order valence-electron chi connectivity index (χ0n) is 5.82. The number of hydrogen-bond donors (Lipinski definition) is 0. The van der Waals surface area contributed by atoms with Gasteiger partial charge in [-0.1, -0.05) is 39.7 Å². The minimum Gasteiger partial charge on any atom is -0.0807 e. The first kappa shape index (κ1) is 7.07. The van der Waals surface area contributed by atoms with E-state index in [0.29, 0.717) is 0 Å². The summed E-state index contributed by atoms with van der Waals surface area (Å²) in [4.78, 5) is 0. The molecule has 0 amide bonds. The summed E-state index contributed by atoms with van der Waals surface area (Å²) in [6.45, 7) is 4.34. The lowest BCUT2D eigenvalue weighted by molar-refractivity contribution is 0.780. The van der Waals surface area contributed by atoms with E-state index in [1.807, 2.05) is 0 Å². The molecule has 1 atom stereocenters. The van der Waals surface area contributed by atoms with Crippen molar-refractivity contribution in [2.75, 3.05) is 0 Å². The third-order valence-electron chi connectivity index (χ3n) is 1.45. The molecular formula is C8H11Br. The molecule has 9 heavy (non-hydrogen) atoms. The van der Waals surface area contributed by atoms with Crippen molar-refractivity contribution in [2.24, 2.45) is 0 Å². The van der Waals surface area contributed by atoms with Crippen molar-refractivity contribution in [3.63, 3.8) is 0 Å². The van der Waals surface area contributed by atoms with Gasteiger partial charge >= 0.3 is 0 Å². The molecular weight excluding hydrogens is 176 g/mol. The molecule has 1 aliphatic carbocycles. The Kier molecular flexibility index (Phi) is 1.80. The van der Waals surface area contributed by atoms with E-state index in [2.05, 4.69) is 48.0 Å². The van der Waals surface area contributed by atoms with Crippen LogP contribution < -0.4 is 0 Å². The molecule has 0 bridgehead atoms. The number of alkyl halides is 1. The van der Waals surface area contributed by atoms with Gasteiger partial charge in [0.2, 0.25) is 0 Å². The summed E-state index contributed by atoms with van der Waals surface area (Å²) in [6.07, 6.45) is 7.57. The summed E-state index contributed by atoms with van der Waals surface area (Å²) >= 11 is 3.61. The lowest BCUT2D eigenvalue weighted by Crippen LogP contribution is -2.13. The first-order valence-corrected chi connectivity index (χ1v) is 3.93. The van der Waals surface area contributed by atoms with Gasteiger partial charge in [-0.25, -0.2) is 0 Å². The fourth-order valence-corrected chi connectivity index (χ4v) is 1.67. The summed E-state index contributed by atoms with van der Waals surface area (Å²) in [5, 5.41) is 0. The van der Waals surface area contributed by atoms with Gasteiger partial charge in [-0.3, -0.25) is 0 Å². The maximum Gasteiger partial charge on any atom is 0.0448 e. The molecule has 0 saturated heterocycles. The molecule has 1 unspecified atom stereocenters. The first-order chi connectivity index (χ1) is 4.10. The zero-order chi connectivity index (χ0) is 6.91. The summed E-state index contributed by atoms with van der Waals surface area (Å²) < 4.78 is 0.214. The van der Waals surface area contributed by atoms with Gasteiger partial charge in [0.15, 0.2) is 0 Å². The maximum absolute atomic E-state index is 3.61. The van der Waals surface area contributed by atoms with Crippen LogP contribution in [0.25, 0.3) is 0 Å². The molecule has 0 aliphatic heterocycles. The van der Waals surface area contributed by atoms with E-state index >= 15 is 0 Å². The predicted octanol–water partition coefficient (Wildman–Crippen LogP) is 3.05. The van der Waals surface area contributed by atoms with Gasteiger partial charge in [0.1, 0.15) is 0 Å². The first-order valence-electron chi connectivity index (χ1n) is 3.14. The lowest BCUT2D eigenvalue weighted by Gasteiger charge is -2.20. The molecule has 0 aromatic heterocycles. The second kappa shape index (κ2) is 2.30. The molecule has 0 saturated carbocycles. The van der Waals surface area contributed by atoms with Gasteiger partial charge in [0, 0.05) is 4.32 Å². The second-order valence-corrected chi connectivity index (χ2v) is 4.64. The summed E-state index contributed by atoms with van der Waals surface area (Å²) in [7, 11) is 0. The van der Waals surface area contributed by atoms with Crippen molar-refractivity contribution >= 4 is 15.9 Å². The Labute approximate surface area is 64.8 Å². The Hall–Kier alpha value is -0.0400. The average molecular weight is 187 g/mol. The topological polar surface area (TPSA) is 0 Å². The molecule has 0 radical (unpaired) electrons. The lowest BCUT2D eigenvalue weighted by atomic mass is 9.97. The van der Waals surface area contributed by atoms with Crippen molar-refractivity contribution in [3.05, 3.63) is 23.8 Å². The largest absolute Gasteiger partial charge is 0.0807 e. The average Bonchev–Trinajstić information content (AvgIpc) is 1.60. The number of rotatable bonds is 0. The quantitative estimate of drug-likeness (QED) is 0.511. The Balaban J connectivity index is 2.73. The van der Waals surface area contributed by atoms with E-state index in [-0.39, 0.29) is 4.32 Å². The summed E-state index contributed by atoms with van der Waals surface area (Å²) in [5.41, 5.74) is 1.44. The molecule has 0 fully saturated rings. The van der Waals surface area contributed by atoms with Crippen LogP contribution in [0.4, 0.5) is 0 Å². The third kappa shape index (κ3) is 1.98. The van der Waals surface area contributed by atoms with Crippen LogP contribution >= 0.6 is 15.9 Å². The van der Waals surface area contributed by atoms with E-state index in [1.165, 1.54) is 5.57 Å². The van der Waals surface area contributed by atoms with Gasteiger partial charge in [-0.15, -0.1) is 0 Å². The Bertz CT molecular complexity index is 163. The molecule has 50 valence electrons. The van der Waals surface area contributed by atoms with Crippen molar-refractivity contribution < 1.29 is 0 Å². The fraction of sp³-hybridized carbons (Fsp3) is 0.500. The van der Waals surface area contributed by atoms with Crippen molar-refractivity contribution in [2.45, 2.75) is 24.6 Å². The molecule has 0 nitrogen and oxygen atoms in total. The van der Waals surface area contributed by atoms with Crippen molar-refractivity contribution in [3.8, 4) is 0 Å². The van der Waals surface area contributed by atoms with E-state index in [0.717, 1.165) is 6.42 Å². The second-order valence-electron chi connectivity index (χ2n) is 2.83. The van der Waals surface area contributed by atoms with E-state index in [9.17, 15) is 0 Å². The molecule has 0 aromatic carbocycles. The molecule has 1 rings (SSSR count). The minimum absolute atomic E-state index is 0.214. The highest BCUT2D eigenvalue weighted by molar-refractivity contribution is 9.10. The van der Waals surface area contributed by atoms with Gasteiger partial charge < -0.3 is 0 Å². The monoisotopic (exact) mass is 186 g/mol. The summed E-state index contributed by atoms with van der Waals surface area (Å²) in [6, 6.07) is 0. The van der Waals surface area contributed by atoms with Crippen LogP contribution in [0, 0.1) is 0 Å². The molecule has 0 N–H and O–H groups in total. The number of allylic oxidation sites excluding steroid dienone is 4. The van der Waals surface area contributed by atoms with Crippen molar-refractivity contribution in [1.82, 2.24) is 0 Å². The number of hydrogen-bond acceptors (Lipinski definition) is 0. The maximum atomic E-state index is 3.61. The van der Waals surface area contributed by atoms with Crippen LogP contribution in [0.1, 0.15) is 20.3 Å². The Morgan fingerprint density at radius 3 is 2.67 bits per heavy atom. The fourth-order valence-electron chi connectivity index (χ4n) is 1.08. The van der Waals surface area contributed by atoms with Crippen LogP contribution in [0.2, 0.25) is 0 Å². The minimum atomic E-state index is 0.214. The van der Waals surface area contributed by atoms with Gasteiger partial charge in [0.25, 0.3) is 0 Å². The standard InChI is InChI=1S/C8H11Br/c1-7-4-3-5-8(2,9)6-7/h3-5H,6H2,1-2H3. The van der Waals surface area contributed by atoms with Crippen LogP contribution in [-0.4, -0.2) is 4.32 Å². The molecule has 1 aliphatic rings. The molecule has 0 heterocycles. The summed E-state index contributed by atoms with van der Waals surface area (Å²) in [5.74, 6) is 0. The Morgan fingerprint density at radius 2 is 2.33 bits per heavy atom. The zero-order valence-corrected chi connectivity index (χ0v) is 7.40. The van der Waals surface area contributed by atoms with E-state index in [1.54, 1.807) is 0 Å². The normalized spacial score (nSPS) is 34.3. The molecule has 0 spiro atoms.